The zero-order valence-electron chi connectivity index (χ0n) is 16.8. The molecule has 2 N–H and O–H groups in total. The van der Waals surface area contributed by atoms with Crippen LogP contribution in [0, 0.1) is 10.8 Å². The van der Waals surface area contributed by atoms with Crippen molar-refractivity contribution in [3.8, 4) is 11.5 Å². The maximum absolute atomic E-state index is 13.1. The lowest BCUT2D eigenvalue weighted by atomic mass is 9.66. The molecule has 0 saturated heterocycles. The van der Waals surface area contributed by atoms with Crippen LogP contribution in [0.1, 0.15) is 64.9 Å². The van der Waals surface area contributed by atoms with E-state index in [0.717, 1.165) is 0 Å². The number of ketones is 2. The van der Waals surface area contributed by atoms with Crippen molar-refractivity contribution in [3.05, 3.63) is 46.4 Å². The van der Waals surface area contributed by atoms with Gasteiger partial charge in [-0.25, -0.2) is 0 Å². The summed E-state index contributed by atoms with van der Waals surface area (Å²) in [6.07, 6.45) is 1.57. The van der Waals surface area contributed by atoms with Gasteiger partial charge in [-0.05, 0) is 16.9 Å². The molecule has 5 nitrogen and oxygen atoms in total. The van der Waals surface area contributed by atoms with Crippen LogP contribution in [0.4, 0.5) is 0 Å². The number of aliphatic hydroxyl groups is 1. The highest BCUT2D eigenvalue weighted by atomic mass is 16.5. The molecule has 3 aliphatic rings. The average molecular weight is 382 g/mol. The summed E-state index contributed by atoms with van der Waals surface area (Å²) < 4.78 is 6.00. The number of allylic oxidation sites excluding steroid dienone is 4. The molecule has 5 heteroatoms. The molecule has 1 aromatic carbocycles. The molecule has 4 rings (SSSR count). The number of carbonyl (C=O) groups excluding carboxylic acids is 2. The molecular formula is C23H26O5. The summed E-state index contributed by atoms with van der Waals surface area (Å²) in [5.41, 5.74) is 0.688. The van der Waals surface area contributed by atoms with Gasteiger partial charge in [0.1, 0.15) is 11.5 Å². The van der Waals surface area contributed by atoms with Gasteiger partial charge in [-0.15, -0.1) is 0 Å². The smallest absolute Gasteiger partial charge is 0.172 e. The number of fused-ring (bicyclic) bond motifs is 1. The molecule has 0 saturated carbocycles. The van der Waals surface area contributed by atoms with E-state index in [-0.39, 0.29) is 45.2 Å². The number of rotatable bonds is 1. The minimum atomic E-state index is -0.696. The van der Waals surface area contributed by atoms with Crippen molar-refractivity contribution in [2.75, 3.05) is 0 Å². The Morgan fingerprint density at radius 3 is 2.14 bits per heavy atom. The molecule has 0 amide bonds. The highest BCUT2D eigenvalue weighted by Gasteiger charge is 2.47. The Balaban J connectivity index is 1.96. The molecule has 0 radical (unpaired) electrons. The second-order valence-electron chi connectivity index (χ2n) is 9.81. The van der Waals surface area contributed by atoms with E-state index in [1.54, 1.807) is 12.1 Å². The third-order valence-electron chi connectivity index (χ3n) is 5.91. The third kappa shape index (κ3) is 2.93. The molecular weight excluding hydrogens is 356 g/mol. The summed E-state index contributed by atoms with van der Waals surface area (Å²) in [6.45, 7) is 7.89. The third-order valence-corrected chi connectivity index (χ3v) is 5.91. The molecule has 148 valence electrons. The van der Waals surface area contributed by atoms with Crippen LogP contribution in [0.3, 0.4) is 0 Å². The second-order valence-corrected chi connectivity index (χ2v) is 9.81. The van der Waals surface area contributed by atoms with E-state index in [9.17, 15) is 19.8 Å². The van der Waals surface area contributed by atoms with Crippen molar-refractivity contribution in [1.29, 1.82) is 0 Å². The van der Waals surface area contributed by atoms with E-state index >= 15 is 0 Å². The molecule has 28 heavy (non-hydrogen) atoms. The molecule has 1 heterocycles. The lowest BCUT2D eigenvalue weighted by molar-refractivity contribution is -0.119. The Morgan fingerprint density at radius 1 is 0.893 bits per heavy atom. The minimum absolute atomic E-state index is 0.0337. The fourth-order valence-electron chi connectivity index (χ4n) is 4.78. The van der Waals surface area contributed by atoms with Crippen LogP contribution in [0.5, 0.6) is 11.5 Å². The second kappa shape index (κ2) is 5.97. The van der Waals surface area contributed by atoms with Crippen molar-refractivity contribution in [2.45, 2.75) is 59.3 Å². The van der Waals surface area contributed by atoms with Crippen LogP contribution in [0.25, 0.3) is 0 Å². The lowest BCUT2D eigenvalue weighted by Gasteiger charge is -2.40. The number of benzene rings is 1. The van der Waals surface area contributed by atoms with Crippen LogP contribution in [0.15, 0.2) is 40.9 Å². The average Bonchev–Trinajstić information content (AvgIpc) is 2.52. The molecule has 0 spiro atoms. The van der Waals surface area contributed by atoms with Crippen LogP contribution in [-0.2, 0) is 9.59 Å². The standard InChI is InChI=1S/C23H26O5/c1-22(2)8-14(25)19(15(26)9-22)18-12-6-5-7-13(24)21(12)28-17-11-23(3,4)10-16(27)20(17)18/h5-7,18,24-25H,8-11H2,1-4H3. The maximum Gasteiger partial charge on any atom is 0.172 e. The number of para-hydroxylation sites is 1. The summed E-state index contributed by atoms with van der Waals surface area (Å²) >= 11 is 0. The van der Waals surface area contributed by atoms with Gasteiger partial charge in [0.25, 0.3) is 0 Å². The number of aromatic hydroxyl groups is 1. The Bertz CT molecular complexity index is 961. The Kier molecular flexibility index (Phi) is 4.00. The topological polar surface area (TPSA) is 83.8 Å². The summed E-state index contributed by atoms with van der Waals surface area (Å²) in [4.78, 5) is 26.2. The van der Waals surface area contributed by atoms with E-state index in [0.29, 0.717) is 42.6 Å². The normalized spacial score (nSPS) is 25.9. The maximum atomic E-state index is 13.1. The van der Waals surface area contributed by atoms with Gasteiger partial charge in [-0.1, -0.05) is 39.8 Å². The quantitative estimate of drug-likeness (QED) is 0.735. The molecule has 0 fully saturated rings. The molecule has 1 aromatic rings. The first-order valence-corrected chi connectivity index (χ1v) is 9.70. The summed E-state index contributed by atoms with van der Waals surface area (Å²) in [5, 5.41) is 21.2. The fourth-order valence-corrected chi connectivity index (χ4v) is 4.78. The summed E-state index contributed by atoms with van der Waals surface area (Å²) in [6, 6.07) is 4.95. The number of ether oxygens (including phenoxy) is 1. The number of Topliss-reactive ketones (excluding diaryl/α,β-unsaturated/α-hetero) is 2. The monoisotopic (exact) mass is 382 g/mol. The number of carbonyl (C=O) groups is 2. The lowest BCUT2D eigenvalue weighted by Crippen LogP contribution is -2.36. The van der Waals surface area contributed by atoms with E-state index < -0.39 is 5.92 Å². The van der Waals surface area contributed by atoms with E-state index in [2.05, 4.69) is 0 Å². The fraction of sp³-hybridized carbons (Fsp3) is 0.478. The summed E-state index contributed by atoms with van der Waals surface area (Å²) in [7, 11) is 0. The van der Waals surface area contributed by atoms with Crippen molar-refractivity contribution in [1.82, 2.24) is 0 Å². The van der Waals surface area contributed by atoms with Crippen LogP contribution in [0.2, 0.25) is 0 Å². The van der Waals surface area contributed by atoms with Crippen LogP contribution < -0.4 is 4.74 Å². The van der Waals surface area contributed by atoms with Gasteiger partial charge in [0.05, 0.1) is 5.92 Å². The van der Waals surface area contributed by atoms with Crippen molar-refractivity contribution in [3.63, 3.8) is 0 Å². The SMILES string of the molecule is CC1(C)CC(=O)C(C2C3=C(CC(C)(C)CC3=O)Oc3c(O)cccc32)=C(O)C1. The minimum Gasteiger partial charge on any atom is -0.512 e. The predicted octanol–water partition coefficient (Wildman–Crippen LogP) is 4.71. The zero-order chi connectivity index (χ0) is 20.4. The first-order chi connectivity index (χ1) is 13.0. The summed E-state index contributed by atoms with van der Waals surface area (Å²) in [5.74, 6) is -0.144. The van der Waals surface area contributed by atoms with Gasteiger partial charge in [0, 0.05) is 42.4 Å². The largest absolute Gasteiger partial charge is 0.512 e. The van der Waals surface area contributed by atoms with Crippen molar-refractivity contribution < 1.29 is 24.5 Å². The molecule has 0 aromatic heterocycles. The first-order valence-electron chi connectivity index (χ1n) is 9.70. The van der Waals surface area contributed by atoms with Gasteiger partial charge in [-0.3, -0.25) is 9.59 Å². The van der Waals surface area contributed by atoms with E-state index in [1.165, 1.54) is 6.07 Å². The van der Waals surface area contributed by atoms with Gasteiger partial charge >= 0.3 is 0 Å². The molecule has 1 aliphatic heterocycles. The number of aliphatic hydroxyl groups excluding tert-OH is 1. The Hall–Kier alpha value is -2.56. The van der Waals surface area contributed by atoms with Crippen molar-refractivity contribution >= 4 is 11.6 Å². The van der Waals surface area contributed by atoms with Crippen molar-refractivity contribution in [2.24, 2.45) is 10.8 Å². The van der Waals surface area contributed by atoms with Gasteiger partial charge in [0.15, 0.2) is 23.1 Å². The van der Waals surface area contributed by atoms with Crippen LogP contribution in [-0.4, -0.2) is 21.8 Å². The first kappa shape index (κ1) is 18.8. The van der Waals surface area contributed by atoms with E-state index in [1.807, 2.05) is 27.7 Å². The van der Waals surface area contributed by atoms with Gasteiger partial charge < -0.3 is 14.9 Å². The number of phenolic OH excluding ortho intramolecular Hbond substituents is 1. The van der Waals surface area contributed by atoms with Crippen LogP contribution >= 0.6 is 0 Å². The number of phenols is 1. The molecule has 2 aliphatic carbocycles. The zero-order valence-corrected chi connectivity index (χ0v) is 16.8. The predicted molar refractivity (Wildman–Crippen MR) is 104 cm³/mol. The molecule has 0 bridgehead atoms. The highest BCUT2D eigenvalue weighted by Crippen LogP contribution is 2.54. The van der Waals surface area contributed by atoms with E-state index in [4.69, 9.17) is 4.74 Å². The van der Waals surface area contributed by atoms with Gasteiger partial charge in [0.2, 0.25) is 0 Å². The molecule has 1 unspecified atom stereocenters. The Labute approximate surface area is 164 Å². The molecule has 1 atom stereocenters. The number of hydrogen-bond acceptors (Lipinski definition) is 5. The highest BCUT2D eigenvalue weighted by molar-refractivity contribution is 6.06. The van der Waals surface area contributed by atoms with Gasteiger partial charge in [-0.2, -0.15) is 0 Å². The Morgan fingerprint density at radius 2 is 1.50 bits per heavy atom. The number of hydrogen-bond donors (Lipinski definition) is 2.